The number of nitrogens with one attached hydrogen (secondary N) is 2. The third-order valence-corrected chi connectivity index (χ3v) is 5.43. The molecule has 1 spiro atoms. The summed E-state index contributed by atoms with van der Waals surface area (Å²) in [6.07, 6.45) is 4.51. The van der Waals surface area contributed by atoms with Crippen molar-refractivity contribution in [3.05, 3.63) is 53.9 Å². The highest BCUT2D eigenvalue weighted by molar-refractivity contribution is 6.07. The van der Waals surface area contributed by atoms with Gasteiger partial charge >= 0.3 is 6.03 Å². The third kappa shape index (κ3) is 4.30. The maximum absolute atomic E-state index is 13.2. The lowest BCUT2D eigenvalue weighted by atomic mass is 9.89. The number of pyridine rings is 1. The number of carbonyl (C=O) groups excluding carboxylic acids is 3. The summed E-state index contributed by atoms with van der Waals surface area (Å²) in [5.41, 5.74) is 0.344. The first-order valence-electron chi connectivity index (χ1n) is 10.2. The van der Waals surface area contributed by atoms with Crippen LogP contribution in [0.1, 0.15) is 35.7 Å². The highest BCUT2D eigenvalue weighted by Gasteiger charge is 2.49. The van der Waals surface area contributed by atoms with Gasteiger partial charge in [-0.3, -0.25) is 19.9 Å². The number of piperidine rings is 1. The molecule has 2 aliphatic heterocycles. The fraction of sp³-hybridized carbons (Fsp3) is 0.364. The average molecular weight is 424 g/mol. The molecule has 2 fully saturated rings. The number of aromatic nitrogens is 1. The fourth-order valence-electron chi connectivity index (χ4n) is 3.90. The second kappa shape index (κ2) is 8.63. The van der Waals surface area contributed by atoms with Crippen LogP contribution in [-0.4, -0.2) is 53.0 Å². The van der Waals surface area contributed by atoms with E-state index < -0.39 is 11.6 Å². The summed E-state index contributed by atoms with van der Waals surface area (Å²) in [6.45, 7) is 3.26. The minimum absolute atomic E-state index is 0.133. The Bertz CT molecular complexity index is 997. The van der Waals surface area contributed by atoms with E-state index in [0.717, 1.165) is 5.56 Å². The molecule has 0 radical (unpaired) electrons. The number of likely N-dealkylation sites (tertiary alicyclic amines) is 1. The van der Waals surface area contributed by atoms with Gasteiger partial charge in [0.1, 0.15) is 12.1 Å². The molecule has 1 aromatic heterocycles. The molecule has 2 aromatic rings. The summed E-state index contributed by atoms with van der Waals surface area (Å²) in [5, 5.41) is 4.96. The van der Waals surface area contributed by atoms with Crippen LogP contribution in [0.2, 0.25) is 0 Å². The van der Waals surface area contributed by atoms with Crippen molar-refractivity contribution in [2.75, 3.05) is 19.7 Å². The first-order valence-corrected chi connectivity index (χ1v) is 10.2. The number of nitrogens with zero attached hydrogens (tertiary/aromatic N) is 2. The Labute approximate surface area is 179 Å². The number of hydrogen-bond donors (Lipinski definition) is 2. The number of benzene rings is 1. The average Bonchev–Trinajstić information content (AvgIpc) is 3.05. The third-order valence-electron chi connectivity index (χ3n) is 5.43. The van der Waals surface area contributed by atoms with E-state index in [1.54, 1.807) is 35.5 Å². The van der Waals surface area contributed by atoms with Gasteiger partial charge in [-0.1, -0.05) is 0 Å². The molecule has 31 heavy (non-hydrogen) atoms. The van der Waals surface area contributed by atoms with Crippen LogP contribution in [0.4, 0.5) is 4.79 Å². The predicted octanol–water partition coefficient (Wildman–Crippen LogP) is 1.87. The number of ether oxygens (including phenoxy) is 2. The van der Waals surface area contributed by atoms with Gasteiger partial charge in [-0.2, -0.15) is 0 Å². The molecule has 2 saturated heterocycles. The van der Waals surface area contributed by atoms with Gasteiger partial charge in [-0.15, -0.1) is 0 Å². The van der Waals surface area contributed by atoms with E-state index >= 15 is 0 Å². The highest BCUT2D eigenvalue weighted by Crippen LogP contribution is 2.31. The number of hydrogen-bond acceptors (Lipinski definition) is 6. The number of imide groups is 1. The van der Waals surface area contributed by atoms with Gasteiger partial charge in [-0.25, -0.2) is 4.79 Å². The predicted molar refractivity (Wildman–Crippen MR) is 111 cm³/mol. The monoisotopic (exact) mass is 424 g/mol. The first-order chi connectivity index (χ1) is 15.0. The summed E-state index contributed by atoms with van der Waals surface area (Å²) in [5.74, 6) is 0.397. The highest BCUT2D eigenvalue weighted by atomic mass is 16.5. The van der Waals surface area contributed by atoms with E-state index in [1.807, 2.05) is 19.1 Å². The summed E-state index contributed by atoms with van der Waals surface area (Å²) in [4.78, 5) is 42.6. The number of amides is 4. The molecule has 162 valence electrons. The largest absolute Gasteiger partial charge is 0.490 e. The number of rotatable bonds is 6. The van der Waals surface area contributed by atoms with Gasteiger partial charge in [0.2, 0.25) is 0 Å². The van der Waals surface area contributed by atoms with Crippen LogP contribution < -0.4 is 20.1 Å². The molecule has 1 aromatic carbocycles. The van der Waals surface area contributed by atoms with E-state index in [-0.39, 0.29) is 18.4 Å². The summed E-state index contributed by atoms with van der Waals surface area (Å²) >= 11 is 0. The molecule has 4 rings (SSSR count). The fourth-order valence-corrected chi connectivity index (χ4v) is 3.90. The van der Waals surface area contributed by atoms with Crippen molar-refractivity contribution in [1.29, 1.82) is 0 Å². The quantitative estimate of drug-likeness (QED) is 0.685. The second-order valence-corrected chi connectivity index (χ2v) is 7.56. The SMILES string of the molecule is CCOc1cc(C(=O)N2CCC[C@]3(C2)NC(=O)NC3=O)ccc1OCc1ccncc1. The van der Waals surface area contributed by atoms with Crippen molar-refractivity contribution in [1.82, 2.24) is 20.5 Å². The summed E-state index contributed by atoms with van der Waals surface area (Å²) in [6, 6.07) is 8.26. The molecule has 4 amide bonds. The minimum Gasteiger partial charge on any atom is -0.490 e. The van der Waals surface area contributed by atoms with E-state index in [4.69, 9.17) is 9.47 Å². The van der Waals surface area contributed by atoms with Gasteiger partial charge in [0.25, 0.3) is 11.8 Å². The molecule has 0 unspecified atom stereocenters. The summed E-state index contributed by atoms with van der Waals surface area (Å²) in [7, 11) is 0. The van der Waals surface area contributed by atoms with Crippen LogP contribution in [0.25, 0.3) is 0 Å². The molecular weight excluding hydrogens is 400 g/mol. The number of carbonyl (C=O) groups is 3. The van der Waals surface area contributed by atoms with Crippen LogP contribution in [-0.2, 0) is 11.4 Å². The van der Waals surface area contributed by atoms with E-state index in [9.17, 15) is 14.4 Å². The zero-order chi connectivity index (χ0) is 21.8. The van der Waals surface area contributed by atoms with Crippen molar-refractivity contribution < 1.29 is 23.9 Å². The van der Waals surface area contributed by atoms with Crippen LogP contribution in [0.5, 0.6) is 11.5 Å². The minimum atomic E-state index is -1.05. The van der Waals surface area contributed by atoms with Crippen molar-refractivity contribution in [3.8, 4) is 11.5 Å². The summed E-state index contributed by atoms with van der Waals surface area (Å²) < 4.78 is 11.6. The normalized spacial score (nSPS) is 20.4. The molecule has 2 N–H and O–H groups in total. The zero-order valence-corrected chi connectivity index (χ0v) is 17.2. The van der Waals surface area contributed by atoms with Crippen molar-refractivity contribution in [2.24, 2.45) is 0 Å². The van der Waals surface area contributed by atoms with Gasteiger partial charge in [-0.05, 0) is 55.7 Å². The maximum atomic E-state index is 13.2. The van der Waals surface area contributed by atoms with Crippen LogP contribution in [0, 0.1) is 0 Å². The lowest BCUT2D eigenvalue weighted by Gasteiger charge is -2.38. The van der Waals surface area contributed by atoms with Crippen LogP contribution in [0.15, 0.2) is 42.7 Å². The molecular formula is C22H24N4O5. The lowest BCUT2D eigenvalue weighted by molar-refractivity contribution is -0.125. The molecule has 0 bridgehead atoms. The van der Waals surface area contributed by atoms with Crippen LogP contribution in [0.3, 0.4) is 0 Å². The van der Waals surface area contributed by atoms with Crippen molar-refractivity contribution in [3.63, 3.8) is 0 Å². The molecule has 0 saturated carbocycles. The molecule has 3 heterocycles. The Kier molecular flexibility index (Phi) is 5.75. The maximum Gasteiger partial charge on any atom is 0.322 e. The second-order valence-electron chi connectivity index (χ2n) is 7.56. The van der Waals surface area contributed by atoms with Crippen molar-refractivity contribution in [2.45, 2.75) is 31.9 Å². The molecule has 9 heteroatoms. The van der Waals surface area contributed by atoms with Crippen molar-refractivity contribution >= 4 is 17.8 Å². The van der Waals surface area contributed by atoms with Gasteiger partial charge < -0.3 is 19.7 Å². The van der Waals surface area contributed by atoms with Gasteiger partial charge in [0, 0.05) is 24.5 Å². The smallest absolute Gasteiger partial charge is 0.322 e. The zero-order valence-electron chi connectivity index (χ0n) is 17.2. The Balaban J connectivity index is 1.50. The Morgan fingerprint density at radius 3 is 2.68 bits per heavy atom. The molecule has 2 aliphatic rings. The van der Waals surface area contributed by atoms with Crippen LogP contribution >= 0.6 is 0 Å². The van der Waals surface area contributed by atoms with E-state index in [0.29, 0.717) is 49.7 Å². The van der Waals surface area contributed by atoms with Gasteiger partial charge in [0.05, 0.1) is 13.2 Å². The van der Waals surface area contributed by atoms with E-state index in [1.165, 1.54) is 0 Å². The number of urea groups is 1. The Morgan fingerprint density at radius 1 is 1.16 bits per heavy atom. The van der Waals surface area contributed by atoms with E-state index in [2.05, 4.69) is 15.6 Å². The first kappa shape index (κ1) is 20.6. The van der Waals surface area contributed by atoms with Gasteiger partial charge in [0.15, 0.2) is 11.5 Å². The molecule has 0 aliphatic carbocycles. The molecule has 9 nitrogen and oxygen atoms in total. The Hall–Kier alpha value is -3.62. The lowest BCUT2D eigenvalue weighted by Crippen LogP contribution is -2.59. The molecule has 1 atom stereocenters. The standard InChI is InChI=1S/C22H24N4O5/c1-2-30-18-12-16(4-5-17(18)31-13-15-6-9-23-10-7-15)19(27)26-11-3-8-22(14-26)20(28)24-21(29)25-22/h4-7,9-10,12H,2-3,8,11,13-14H2,1H3,(H2,24,25,28,29)/t22-/m1/s1. The topological polar surface area (TPSA) is 110 Å². The Morgan fingerprint density at radius 2 is 1.97 bits per heavy atom.